The maximum atomic E-state index is 12.0. The Balaban J connectivity index is 2.33. The molecule has 1 heterocycles. The van der Waals surface area contributed by atoms with Crippen molar-refractivity contribution >= 4 is 43.4 Å². The first-order valence-electron chi connectivity index (χ1n) is 4.74. The predicted molar refractivity (Wildman–Crippen MR) is 72.0 cm³/mol. The molecule has 0 radical (unpaired) electrons. The summed E-state index contributed by atoms with van der Waals surface area (Å²) in [7, 11) is -3.76. The van der Waals surface area contributed by atoms with Crippen LogP contribution in [0.2, 0.25) is 5.02 Å². The molecule has 2 rings (SSSR count). The van der Waals surface area contributed by atoms with Gasteiger partial charge in [0.15, 0.2) is 5.82 Å². The molecule has 0 saturated carbocycles. The molecular formula is C10H7BrClN3O2S. The predicted octanol–water partition coefficient (Wildman–Crippen LogP) is 2.69. The zero-order valence-electron chi connectivity index (χ0n) is 8.84. The number of aromatic nitrogens is 2. The minimum atomic E-state index is -3.76. The quantitative estimate of drug-likeness (QED) is 0.925. The molecule has 1 aromatic carbocycles. The first kappa shape index (κ1) is 13.3. The smallest absolute Gasteiger partial charge is 0.262 e. The van der Waals surface area contributed by atoms with E-state index in [1.165, 1.54) is 24.5 Å². The molecule has 0 atom stereocenters. The van der Waals surface area contributed by atoms with Gasteiger partial charge in [-0.3, -0.25) is 4.72 Å². The largest absolute Gasteiger partial charge is 0.264 e. The fourth-order valence-corrected chi connectivity index (χ4v) is 2.94. The molecule has 2 aromatic rings. The summed E-state index contributed by atoms with van der Waals surface area (Å²) < 4.78 is 26.9. The molecule has 0 saturated heterocycles. The molecule has 1 N–H and O–H groups in total. The van der Waals surface area contributed by atoms with Crippen molar-refractivity contribution in [1.29, 1.82) is 0 Å². The van der Waals surface area contributed by atoms with E-state index in [-0.39, 0.29) is 15.7 Å². The van der Waals surface area contributed by atoms with Gasteiger partial charge in [-0.15, -0.1) is 0 Å². The Morgan fingerprint density at radius 2 is 1.89 bits per heavy atom. The molecular weight excluding hydrogens is 342 g/mol. The second-order valence-electron chi connectivity index (χ2n) is 3.26. The monoisotopic (exact) mass is 347 g/mol. The molecule has 0 aliphatic rings. The Bertz CT molecular complexity index is 661. The Hall–Kier alpha value is -1.18. The first-order chi connectivity index (χ1) is 8.49. The van der Waals surface area contributed by atoms with Crippen LogP contribution in [-0.4, -0.2) is 18.4 Å². The molecule has 0 amide bonds. The second kappa shape index (κ2) is 5.21. The molecule has 0 spiro atoms. The number of anilines is 1. The van der Waals surface area contributed by atoms with Gasteiger partial charge >= 0.3 is 0 Å². The second-order valence-corrected chi connectivity index (χ2v) is 6.13. The Morgan fingerprint density at radius 3 is 2.50 bits per heavy atom. The Kier molecular flexibility index (Phi) is 3.84. The van der Waals surface area contributed by atoms with E-state index >= 15 is 0 Å². The maximum absolute atomic E-state index is 12.0. The van der Waals surface area contributed by atoms with Crippen molar-refractivity contribution in [2.24, 2.45) is 0 Å². The van der Waals surface area contributed by atoms with Crippen LogP contribution in [0.3, 0.4) is 0 Å². The summed E-state index contributed by atoms with van der Waals surface area (Å²) in [4.78, 5) is 7.75. The number of nitrogens with zero attached hydrogens (tertiary/aromatic N) is 2. The van der Waals surface area contributed by atoms with Crippen LogP contribution in [0, 0.1) is 0 Å². The van der Waals surface area contributed by atoms with Gasteiger partial charge in [0.1, 0.15) is 9.50 Å². The standard InChI is InChI=1S/C10H7BrClN3O2S/c11-9-5-14-10(6-13-9)15-18(16,17)8-4-2-1-3-7(8)12/h1-6H,(H,14,15). The summed E-state index contributed by atoms with van der Waals surface area (Å²) in [6.07, 6.45) is 2.70. The van der Waals surface area contributed by atoms with Crippen molar-refractivity contribution in [2.45, 2.75) is 4.90 Å². The molecule has 94 valence electrons. The zero-order valence-corrected chi connectivity index (χ0v) is 12.0. The lowest BCUT2D eigenvalue weighted by molar-refractivity contribution is 0.601. The van der Waals surface area contributed by atoms with Gasteiger partial charge in [0.25, 0.3) is 10.0 Å². The number of hydrogen-bond acceptors (Lipinski definition) is 4. The summed E-state index contributed by atoms with van der Waals surface area (Å²) in [5.41, 5.74) is 0. The third-order valence-electron chi connectivity index (χ3n) is 1.99. The molecule has 1 aromatic heterocycles. The molecule has 5 nitrogen and oxygen atoms in total. The summed E-state index contributed by atoms with van der Waals surface area (Å²) in [6, 6.07) is 6.16. The highest BCUT2D eigenvalue weighted by molar-refractivity contribution is 9.10. The lowest BCUT2D eigenvalue weighted by atomic mass is 10.4. The van der Waals surface area contributed by atoms with Crippen molar-refractivity contribution in [2.75, 3.05) is 4.72 Å². The molecule has 0 aliphatic heterocycles. The number of sulfonamides is 1. The van der Waals surface area contributed by atoms with E-state index < -0.39 is 10.0 Å². The fraction of sp³-hybridized carbons (Fsp3) is 0. The van der Waals surface area contributed by atoms with Gasteiger partial charge in [-0.05, 0) is 28.1 Å². The van der Waals surface area contributed by atoms with Gasteiger partial charge < -0.3 is 0 Å². The van der Waals surface area contributed by atoms with Crippen molar-refractivity contribution in [3.8, 4) is 0 Å². The van der Waals surface area contributed by atoms with E-state index in [9.17, 15) is 8.42 Å². The molecule has 0 aliphatic carbocycles. The lowest BCUT2D eigenvalue weighted by Crippen LogP contribution is -2.14. The number of halogens is 2. The van der Waals surface area contributed by atoms with Crippen LogP contribution in [0.25, 0.3) is 0 Å². The van der Waals surface area contributed by atoms with Crippen molar-refractivity contribution in [3.63, 3.8) is 0 Å². The molecule has 0 fully saturated rings. The van der Waals surface area contributed by atoms with Gasteiger partial charge in [-0.25, -0.2) is 18.4 Å². The molecule has 0 bridgehead atoms. The Labute approximate surface area is 117 Å². The van der Waals surface area contributed by atoms with Gasteiger partial charge in [0.05, 0.1) is 17.4 Å². The highest BCUT2D eigenvalue weighted by Crippen LogP contribution is 2.22. The van der Waals surface area contributed by atoms with E-state index in [1.807, 2.05) is 0 Å². The average molecular weight is 349 g/mol. The van der Waals surface area contributed by atoms with Crippen LogP contribution in [0.15, 0.2) is 46.2 Å². The van der Waals surface area contributed by atoms with Gasteiger partial charge in [0.2, 0.25) is 0 Å². The first-order valence-corrected chi connectivity index (χ1v) is 7.39. The van der Waals surface area contributed by atoms with Crippen LogP contribution in [0.4, 0.5) is 5.82 Å². The van der Waals surface area contributed by atoms with Gasteiger partial charge in [-0.1, -0.05) is 23.7 Å². The summed E-state index contributed by atoms with van der Waals surface area (Å²) in [5.74, 6) is 0.123. The summed E-state index contributed by atoms with van der Waals surface area (Å²) in [6.45, 7) is 0. The van der Waals surface area contributed by atoms with Crippen LogP contribution in [0.5, 0.6) is 0 Å². The number of hydrogen-bond donors (Lipinski definition) is 1. The highest BCUT2D eigenvalue weighted by atomic mass is 79.9. The van der Waals surface area contributed by atoms with Gasteiger partial charge in [-0.2, -0.15) is 0 Å². The highest BCUT2D eigenvalue weighted by Gasteiger charge is 2.17. The van der Waals surface area contributed by atoms with E-state index in [4.69, 9.17) is 11.6 Å². The minimum absolute atomic E-state index is 0.00335. The number of nitrogens with one attached hydrogen (secondary N) is 1. The minimum Gasteiger partial charge on any atom is -0.262 e. The number of benzene rings is 1. The van der Waals surface area contributed by atoms with E-state index in [0.29, 0.717) is 4.60 Å². The molecule has 8 heteroatoms. The summed E-state index contributed by atoms with van der Waals surface area (Å²) >= 11 is 8.95. The van der Waals surface area contributed by atoms with Crippen LogP contribution >= 0.6 is 27.5 Å². The van der Waals surface area contributed by atoms with Crippen LogP contribution in [-0.2, 0) is 10.0 Å². The molecule has 0 unspecified atom stereocenters. The average Bonchev–Trinajstić information content (AvgIpc) is 2.32. The number of rotatable bonds is 3. The lowest BCUT2D eigenvalue weighted by Gasteiger charge is -2.08. The molecule has 18 heavy (non-hydrogen) atoms. The normalized spacial score (nSPS) is 11.2. The topological polar surface area (TPSA) is 72.0 Å². The summed E-state index contributed by atoms with van der Waals surface area (Å²) in [5, 5.41) is 0.148. The van der Waals surface area contributed by atoms with E-state index in [2.05, 4.69) is 30.6 Å². The van der Waals surface area contributed by atoms with Crippen LogP contribution in [0.1, 0.15) is 0 Å². The van der Waals surface area contributed by atoms with Gasteiger partial charge in [0, 0.05) is 0 Å². The van der Waals surface area contributed by atoms with Crippen molar-refractivity contribution in [3.05, 3.63) is 46.3 Å². The SMILES string of the molecule is O=S(=O)(Nc1cnc(Br)cn1)c1ccccc1Cl. The zero-order chi connectivity index (χ0) is 13.2. The van der Waals surface area contributed by atoms with Crippen molar-refractivity contribution in [1.82, 2.24) is 9.97 Å². The van der Waals surface area contributed by atoms with E-state index in [1.54, 1.807) is 12.1 Å². The third kappa shape index (κ3) is 2.98. The Morgan fingerprint density at radius 1 is 1.17 bits per heavy atom. The van der Waals surface area contributed by atoms with Crippen molar-refractivity contribution < 1.29 is 8.42 Å². The fourth-order valence-electron chi connectivity index (χ4n) is 1.22. The van der Waals surface area contributed by atoms with E-state index in [0.717, 1.165) is 0 Å². The third-order valence-corrected chi connectivity index (χ3v) is 4.25. The maximum Gasteiger partial charge on any atom is 0.264 e. The van der Waals surface area contributed by atoms with Crippen LogP contribution < -0.4 is 4.72 Å².